The van der Waals surface area contributed by atoms with Gasteiger partial charge in [0.2, 0.25) is 0 Å². The van der Waals surface area contributed by atoms with Crippen molar-refractivity contribution in [2.75, 3.05) is 0 Å². The summed E-state index contributed by atoms with van der Waals surface area (Å²) in [5.74, 6) is 0. The van der Waals surface area contributed by atoms with Gasteiger partial charge < -0.3 is 0 Å². The molecule has 0 aromatic heterocycles. The second kappa shape index (κ2) is 2220. The largest absolute Gasteiger partial charge is 1.00 e. The van der Waals surface area contributed by atoms with E-state index in [0.29, 0.717) is 0 Å². The van der Waals surface area contributed by atoms with E-state index in [0.717, 1.165) is 0 Å². The van der Waals surface area contributed by atoms with Crippen molar-refractivity contribution >= 4 is 0 Å². The maximum atomic E-state index is 6.50. The zero-order chi connectivity index (χ0) is 12.0. The minimum Gasteiger partial charge on any atom is -0.202 e. The SMILES string of the molecule is C#N.C#N.C#N.C#N.C#N.C#N.[Fe].[Na+].[Na+].[Na+].[Na+]. The third-order valence-corrected chi connectivity index (χ3v) is 0. The molecule has 0 spiro atoms. The monoisotopic (exact) mass is 310 g/mol. The van der Waals surface area contributed by atoms with Gasteiger partial charge in [0, 0.05) is 56.5 Å². The topological polar surface area (TPSA) is 143 Å². The molecule has 0 rings (SSSR count). The Labute approximate surface area is 202 Å². The molecule has 0 heterocycles. The fraction of sp³-hybridized carbons (Fsp3) is 0. The summed E-state index contributed by atoms with van der Waals surface area (Å²) in [6.45, 7) is 21.0. The summed E-state index contributed by atoms with van der Waals surface area (Å²) in [4.78, 5) is 0. The summed E-state index contributed by atoms with van der Waals surface area (Å²) >= 11 is 0. The zero-order valence-corrected chi connectivity index (χ0v) is 19.6. The molecule has 6 nitrogen and oxygen atoms in total. The fourth-order valence-corrected chi connectivity index (χ4v) is 0. The Bertz CT molecular complexity index is 106. The van der Waals surface area contributed by atoms with Gasteiger partial charge in [-0.05, 0) is 0 Å². The van der Waals surface area contributed by atoms with Crippen LogP contribution >= 0.6 is 0 Å². The smallest absolute Gasteiger partial charge is 0.202 e. The van der Waals surface area contributed by atoms with E-state index in [4.69, 9.17) is 31.6 Å². The molecule has 0 aliphatic heterocycles. The molecule has 0 N–H and O–H groups in total. The molecule has 0 amide bonds. The standard InChI is InChI=1S/6CHN.Fe.4Na/c6*1-2;;;;;/h6*1H;;;;;/q;;;;;;;4*+1. The van der Waals surface area contributed by atoms with E-state index in [1.807, 2.05) is 0 Å². The van der Waals surface area contributed by atoms with Crippen LogP contribution in [-0.4, -0.2) is 0 Å². The van der Waals surface area contributed by atoms with Crippen LogP contribution in [0, 0.1) is 71.0 Å². The average Bonchev–Trinajstić information content (AvgIpc) is 2.33. The van der Waals surface area contributed by atoms with Gasteiger partial charge in [0.05, 0.1) is 0 Å². The first kappa shape index (κ1) is 101. The molecule has 0 unspecified atom stereocenters. The molecule has 0 bridgehead atoms. The van der Waals surface area contributed by atoms with Crippen LogP contribution in [0.4, 0.5) is 0 Å². The number of hydrogen-bond donors (Lipinski definition) is 0. The predicted octanol–water partition coefficient (Wildman–Crippen LogP) is -11.1. The summed E-state index contributed by atoms with van der Waals surface area (Å²) in [5, 5.41) is 39.0. The van der Waals surface area contributed by atoms with Gasteiger partial charge in [0.15, 0.2) is 0 Å². The van der Waals surface area contributed by atoms with Gasteiger partial charge in [-0.15, -0.1) is 0 Å². The van der Waals surface area contributed by atoms with Crippen LogP contribution in [0.25, 0.3) is 0 Å². The number of rotatable bonds is 0. The van der Waals surface area contributed by atoms with Gasteiger partial charge in [-0.25, -0.2) is 31.6 Å². The van der Waals surface area contributed by atoms with Crippen molar-refractivity contribution in [1.29, 1.82) is 31.6 Å². The van der Waals surface area contributed by atoms with Gasteiger partial charge in [-0.3, -0.25) is 0 Å². The Morgan fingerprint density at radius 2 is 0.294 bits per heavy atom. The summed E-state index contributed by atoms with van der Waals surface area (Å²) < 4.78 is 0. The quantitative estimate of drug-likeness (QED) is 0.406. The van der Waals surface area contributed by atoms with Crippen molar-refractivity contribution < 1.29 is 135 Å². The normalized spacial score (nSPS) is 0.706. The molecule has 0 radical (unpaired) electrons. The molecule has 68 valence electrons. The first-order valence-corrected chi connectivity index (χ1v) is 1.55. The molecule has 0 saturated heterocycles. The Morgan fingerprint density at radius 1 is 0.294 bits per heavy atom. The molecule has 0 saturated carbocycles. The molecule has 0 atom stereocenters. The first-order chi connectivity index (χ1) is 6.00. The minimum atomic E-state index is 0. The van der Waals surface area contributed by atoms with Crippen LogP contribution in [0.15, 0.2) is 0 Å². The summed E-state index contributed by atoms with van der Waals surface area (Å²) in [6.07, 6.45) is 0. The molecule has 0 aromatic rings. The van der Waals surface area contributed by atoms with Crippen LogP contribution in [0.2, 0.25) is 0 Å². The fourth-order valence-electron chi connectivity index (χ4n) is 0. The Hall–Kier alpha value is 1.46. The van der Waals surface area contributed by atoms with Gasteiger partial charge in [0.25, 0.3) is 0 Å². The molecular weight excluding hydrogens is 304 g/mol. The van der Waals surface area contributed by atoms with Crippen molar-refractivity contribution in [3.8, 4) is 39.4 Å². The third-order valence-electron chi connectivity index (χ3n) is 0. The molecule has 11 heteroatoms. The minimum absolute atomic E-state index is 0. The Balaban J connectivity index is -0.00000000267. The third kappa shape index (κ3) is 1960. The average molecular weight is 310 g/mol. The second-order valence-corrected chi connectivity index (χ2v) is 0. The summed E-state index contributed by atoms with van der Waals surface area (Å²) in [7, 11) is 0. The maximum Gasteiger partial charge on any atom is 1.00 e. The van der Waals surface area contributed by atoms with Crippen molar-refractivity contribution in [3.05, 3.63) is 0 Å². The molecule has 0 aromatic carbocycles. The second-order valence-electron chi connectivity index (χ2n) is 0. The summed E-state index contributed by atoms with van der Waals surface area (Å²) in [6, 6.07) is 0. The molecule has 17 heavy (non-hydrogen) atoms. The van der Waals surface area contributed by atoms with Crippen LogP contribution in [0.1, 0.15) is 0 Å². The van der Waals surface area contributed by atoms with Crippen molar-refractivity contribution in [2.24, 2.45) is 0 Å². The van der Waals surface area contributed by atoms with Crippen molar-refractivity contribution in [1.82, 2.24) is 0 Å². The van der Waals surface area contributed by atoms with Gasteiger partial charge in [-0.2, -0.15) is 0 Å². The van der Waals surface area contributed by atoms with E-state index in [2.05, 4.69) is 39.4 Å². The van der Waals surface area contributed by atoms with Crippen molar-refractivity contribution in [2.45, 2.75) is 0 Å². The molecular formula is C6H6FeN6Na4+4. The van der Waals surface area contributed by atoms with E-state index < -0.39 is 0 Å². The molecule has 0 fully saturated rings. The van der Waals surface area contributed by atoms with E-state index in [1.54, 1.807) is 0 Å². The number of hydrogen-bond acceptors (Lipinski definition) is 6. The van der Waals surface area contributed by atoms with E-state index >= 15 is 0 Å². The Kier molecular flexibility index (Phi) is 13200. The number of nitriles is 6. The van der Waals surface area contributed by atoms with Gasteiger partial charge in [-0.1, -0.05) is 0 Å². The van der Waals surface area contributed by atoms with Crippen LogP contribution in [0.3, 0.4) is 0 Å². The first-order valence-electron chi connectivity index (χ1n) is 1.55. The molecule has 0 aliphatic carbocycles. The summed E-state index contributed by atoms with van der Waals surface area (Å²) in [5.41, 5.74) is 0. The van der Waals surface area contributed by atoms with Gasteiger partial charge in [0.1, 0.15) is 0 Å². The Morgan fingerprint density at radius 3 is 0.294 bits per heavy atom. The van der Waals surface area contributed by atoms with E-state index in [1.165, 1.54) is 0 Å². The number of nitrogens with zero attached hydrogens (tertiary/aromatic N) is 6. The van der Waals surface area contributed by atoms with Crippen LogP contribution in [-0.2, 0) is 17.1 Å². The van der Waals surface area contributed by atoms with Gasteiger partial charge >= 0.3 is 118 Å². The predicted molar refractivity (Wildman–Crippen MR) is 40.0 cm³/mol. The maximum absolute atomic E-state index is 6.50. The van der Waals surface area contributed by atoms with Crippen LogP contribution in [0.5, 0.6) is 0 Å². The van der Waals surface area contributed by atoms with Crippen molar-refractivity contribution in [3.63, 3.8) is 0 Å². The van der Waals surface area contributed by atoms with E-state index in [9.17, 15) is 0 Å². The van der Waals surface area contributed by atoms with E-state index in [-0.39, 0.29) is 135 Å². The zero-order valence-electron chi connectivity index (χ0n) is 10.5. The van der Waals surface area contributed by atoms with Crippen LogP contribution < -0.4 is 118 Å². The molecule has 0 aliphatic rings.